The highest BCUT2D eigenvalue weighted by molar-refractivity contribution is 5.54. The minimum atomic E-state index is 0.529. The predicted molar refractivity (Wildman–Crippen MR) is 47.9 cm³/mol. The Balaban J connectivity index is 0.000000354. The quantitative estimate of drug-likeness (QED) is 0.622. The molecule has 0 N–H and O–H groups in total. The van der Waals surface area contributed by atoms with Crippen LogP contribution in [0.1, 0.15) is 12.5 Å². The van der Waals surface area contributed by atoms with Gasteiger partial charge in [0.25, 0.3) is 0 Å². The molecule has 0 aliphatic carbocycles. The number of hydrogen-bond donors (Lipinski definition) is 0. The summed E-state index contributed by atoms with van der Waals surface area (Å²) in [6.45, 7) is 1.44. The molecular formula is C10H12O2. The summed E-state index contributed by atoms with van der Waals surface area (Å²) in [5.74, 6) is 0. The van der Waals surface area contributed by atoms with Gasteiger partial charge in [-0.3, -0.25) is 0 Å². The summed E-state index contributed by atoms with van der Waals surface area (Å²) < 4.78 is 0. The van der Waals surface area contributed by atoms with E-state index in [1.165, 1.54) is 6.92 Å². The lowest BCUT2D eigenvalue weighted by molar-refractivity contribution is -0.107. The molecule has 0 amide bonds. The third-order valence-corrected chi connectivity index (χ3v) is 1.16. The van der Waals surface area contributed by atoms with Crippen LogP contribution >= 0.6 is 0 Å². The fraction of sp³-hybridized carbons (Fsp3) is 0.200. The van der Waals surface area contributed by atoms with Crippen LogP contribution in [-0.4, -0.2) is 12.6 Å². The van der Waals surface area contributed by atoms with Crippen molar-refractivity contribution in [2.45, 2.75) is 13.3 Å². The van der Waals surface area contributed by atoms with E-state index >= 15 is 0 Å². The topological polar surface area (TPSA) is 34.1 Å². The maximum absolute atomic E-state index is 9.97. The normalized spacial score (nSPS) is 7.75. The van der Waals surface area contributed by atoms with Gasteiger partial charge in [0, 0.05) is 6.42 Å². The van der Waals surface area contributed by atoms with Crippen LogP contribution in [0.15, 0.2) is 30.3 Å². The Morgan fingerprint density at radius 3 is 2.08 bits per heavy atom. The van der Waals surface area contributed by atoms with Crippen molar-refractivity contribution in [3.05, 3.63) is 35.9 Å². The van der Waals surface area contributed by atoms with Crippen molar-refractivity contribution in [2.75, 3.05) is 0 Å². The molecular weight excluding hydrogens is 152 g/mol. The average Bonchev–Trinajstić information content (AvgIpc) is 2.08. The van der Waals surface area contributed by atoms with Crippen molar-refractivity contribution in [1.82, 2.24) is 0 Å². The average molecular weight is 164 g/mol. The fourth-order valence-corrected chi connectivity index (χ4v) is 0.710. The first kappa shape index (κ1) is 10.6. The zero-order chi connectivity index (χ0) is 9.23. The van der Waals surface area contributed by atoms with Crippen molar-refractivity contribution in [2.24, 2.45) is 0 Å². The first-order valence-electron chi connectivity index (χ1n) is 3.72. The Bertz CT molecular complexity index is 217. The largest absolute Gasteiger partial charge is 0.304 e. The van der Waals surface area contributed by atoms with Crippen LogP contribution in [0.3, 0.4) is 0 Å². The van der Waals surface area contributed by atoms with Gasteiger partial charge in [-0.25, -0.2) is 0 Å². The summed E-state index contributed by atoms with van der Waals surface area (Å²) in [7, 11) is 0. The summed E-state index contributed by atoms with van der Waals surface area (Å²) in [6, 6.07) is 9.68. The second kappa shape index (κ2) is 7.66. The number of carbonyl (C=O) groups excluding carboxylic acids is 2. The van der Waals surface area contributed by atoms with Gasteiger partial charge < -0.3 is 9.59 Å². The van der Waals surface area contributed by atoms with Crippen molar-refractivity contribution in [1.29, 1.82) is 0 Å². The molecule has 0 bridgehead atoms. The van der Waals surface area contributed by atoms with Crippen LogP contribution in [-0.2, 0) is 16.0 Å². The molecule has 2 heteroatoms. The molecule has 0 fully saturated rings. The van der Waals surface area contributed by atoms with Crippen LogP contribution in [0.5, 0.6) is 0 Å². The highest BCUT2D eigenvalue weighted by Gasteiger charge is 1.84. The van der Waals surface area contributed by atoms with Crippen LogP contribution in [0.2, 0.25) is 0 Å². The van der Waals surface area contributed by atoms with Gasteiger partial charge in [0.15, 0.2) is 0 Å². The third kappa shape index (κ3) is 5.35. The minimum absolute atomic E-state index is 0.529. The van der Waals surface area contributed by atoms with E-state index < -0.39 is 0 Å². The fourth-order valence-electron chi connectivity index (χ4n) is 0.710. The second-order valence-corrected chi connectivity index (χ2v) is 2.09. The van der Waals surface area contributed by atoms with Crippen LogP contribution in [0.25, 0.3) is 0 Å². The van der Waals surface area contributed by atoms with E-state index in [-0.39, 0.29) is 0 Å². The van der Waals surface area contributed by atoms with Crippen molar-refractivity contribution in [3.8, 4) is 0 Å². The molecule has 1 aromatic carbocycles. The maximum atomic E-state index is 9.97. The molecule has 12 heavy (non-hydrogen) atoms. The van der Waals surface area contributed by atoms with Gasteiger partial charge in [-0.1, -0.05) is 30.3 Å². The number of hydrogen-bond acceptors (Lipinski definition) is 2. The highest BCUT2D eigenvalue weighted by Crippen LogP contribution is 1.96. The summed E-state index contributed by atoms with van der Waals surface area (Å²) in [5, 5.41) is 0. The first-order valence-corrected chi connectivity index (χ1v) is 3.72. The Morgan fingerprint density at radius 2 is 1.67 bits per heavy atom. The lowest BCUT2D eigenvalue weighted by Gasteiger charge is -1.89. The summed E-state index contributed by atoms with van der Waals surface area (Å²) >= 11 is 0. The monoisotopic (exact) mass is 164 g/mol. The van der Waals surface area contributed by atoms with E-state index in [4.69, 9.17) is 4.79 Å². The zero-order valence-electron chi connectivity index (χ0n) is 7.07. The molecule has 1 rings (SSSR count). The first-order chi connectivity index (χ1) is 5.85. The number of benzene rings is 1. The van der Waals surface area contributed by atoms with Gasteiger partial charge in [-0.15, -0.1) is 0 Å². The number of carbonyl (C=O) groups is 2. The molecule has 64 valence electrons. The smallest absolute Gasteiger partial charge is 0.124 e. The zero-order valence-corrected chi connectivity index (χ0v) is 7.07. The van der Waals surface area contributed by atoms with E-state index in [9.17, 15) is 4.79 Å². The maximum Gasteiger partial charge on any atom is 0.124 e. The number of aldehydes is 2. The standard InChI is InChI=1S/C8H8O.C2H4O/c9-7-6-8-4-2-1-3-5-8;1-2-3/h1-5,7H,6H2;2H,1H3. The SMILES string of the molecule is CC=O.O=CCc1ccccc1. The minimum Gasteiger partial charge on any atom is -0.304 e. The van der Waals surface area contributed by atoms with Crippen LogP contribution in [0, 0.1) is 0 Å². The third-order valence-electron chi connectivity index (χ3n) is 1.16. The molecule has 0 spiro atoms. The summed E-state index contributed by atoms with van der Waals surface area (Å²) in [4.78, 5) is 18.8. The molecule has 0 saturated heterocycles. The van der Waals surface area contributed by atoms with Gasteiger partial charge in [0.2, 0.25) is 0 Å². The molecule has 0 saturated carbocycles. The van der Waals surface area contributed by atoms with E-state index in [0.29, 0.717) is 6.42 Å². The Morgan fingerprint density at radius 1 is 1.17 bits per heavy atom. The molecule has 0 heterocycles. The molecule has 0 aromatic heterocycles. The van der Waals surface area contributed by atoms with Crippen molar-refractivity contribution in [3.63, 3.8) is 0 Å². The molecule has 0 atom stereocenters. The second-order valence-electron chi connectivity index (χ2n) is 2.09. The van der Waals surface area contributed by atoms with Crippen molar-refractivity contribution < 1.29 is 9.59 Å². The van der Waals surface area contributed by atoms with E-state index in [1.54, 1.807) is 0 Å². The van der Waals surface area contributed by atoms with Crippen LogP contribution in [0.4, 0.5) is 0 Å². The number of rotatable bonds is 2. The van der Waals surface area contributed by atoms with Crippen LogP contribution < -0.4 is 0 Å². The molecule has 0 radical (unpaired) electrons. The van der Waals surface area contributed by atoms with E-state index in [2.05, 4.69) is 0 Å². The lowest BCUT2D eigenvalue weighted by Crippen LogP contribution is -1.82. The van der Waals surface area contributed by atoms with Gasteiger partial charge in [-0.05, 0) is 12.5 Å². The lowest BCUT2D eigenvalue weighted by atomic mass is 10.2. The van der Waals surface area contributed by atoms with E-state index in [1.807, 2.05) is 30.3 Å². The molecule has 1 aromatic rings. The van der Waals surface area contributed by atoms with E-state index in [0.717, 1.165) is 18.1 Å². The van der Waals surface area contributed by atoms with Crippen molar-refractivity contribution >= 4 is 12.6 Å². The van der Waals surface area contributed by atoms with Gasteiger partial charge in [0.05, 0.1) is 0 Å². The highest BCUT2D eigenvalue weighted by atomic mass is 16.1. The Hall–Kier alpha value is -1.44. The molecule has 0 unspecified atom stereocenters. The molecule has 0 aliphatic rings. The molecule has 2 nitrogen and oxygen atoms in total. The summed E-state index contributed by atoms with van der Waals surface area (Å²) in [6.07, 6.45) is 2.19. The molecule has 0 aliphatic heterocycles. The predicted octanol–water partition coefficient (Wildman–Crippen LogP) is 1.63. The van der Waals surface area contributed by atoms with Gasteiger partial charge in [-0.2, -0.15) is 0 Å². The van der Waals surface area contributed by atoms with Gasteiger partial charge >= 0.3 is 0 Å². The Kier molecular flexibility index (Phi) is 6.74. The Labute approximate surface area is 72.2 Å². The van der Waals surface area contributed by atoms with Gasteiger partial charge in [0.1, 0.15) is 12.6 Å². The summed E-state index contributed by atoms with van der Waals surface area (Å²) in [5.41, 5.74) is 1.08.